The highest BCUT2D eigenvalue weighted by Gasteiger charge is 2.04. The number of benzene rings is 1. The van der Waals surface area contributed by atoms with Crippen molar-refractivity contribution in [2.75, 3.05) is 5.75 Å². The van der Waals surface area contributed by atoms with Gasteiger partial charge in [-0.2, -0.15) is 0 Å². The van der Waals surface area contributed by atoms with Crippen molar-refractivity contribution in [1.29, 1.82) is 0 Å². The lowest BCUT2D eigenvalue weighted by Gasteiger charge is -2.11. The summed E-state index contributed by atoms with van der Waals surface area (Å²) in [7, 11) is 0. The fourth-order valence-electron chi connectivity index (χ4n) is 1.44. The van der Waals surface area contributed by atoms with Crippen LogP contribution in [0.25, 0.3) is 0 Å². The molecule has 0 aliphatic heterocycles. The van der Waals surface area contributed by atoms with Crippen LogP contribution in [0.3, 0.4) is 0 Å². The molecule has 0 amide bonds. The van der Waals surface area contributed by atoms with E-state index in [1.54, 1.807) is 0 Å². The monoisotopic (exact) mass is 221 g/mol. The summed E-state index contributed by atoms with van der Waals surface area (Å²) in [6.07, 6.45) is 3.87. The van der Waals surface area contributed by atoms with Crippen molar-refractivity contribution in [1.82, 2.24) is 0 Å². The molecule has 2 heteroatoms. The molecule has 1 unspecified atom stereocenters. The van der Waals surface area contributed by atoms with Crippen LogP contribution in [0.5, 0.6) is 0 Å². The van der Waals surface area contributed by atoms with Crippen LogP contribution in [-0.4, -0.2) is 5.75 Å². The van der Waals surface area contributed by atoms with Crippen LogP contribution in [0, 0.1) is 0 Å². The molecule has 0 saturated carbocycles. The third-order valence-corrected chi connectivity index (χ3v) is 3.20. The Kier molecular flexibility index (Phi) is 5.51. The van der Waals surface area contributed by atoms with E-state index < -0.39 is 0 Å². The van der Waals surface area contributed by atoms with Crippen molar-refractivity contribution in [2.24, 2.45) is 5.73 Å². The van der Waals surface area contributed by atoms with Crippen LogP contribution in [0.1, 0.15) is 31.4 Å². The van der Waals surface area contributed by atoms with Crippen molar-refractivity contribution in [3.63, 3.8) is 0 Å². The average molecular weight is 221 g/mol. The highest BCUT2D eigenvalue weighted by atomic mass is 32.2. The van der Waals surface area contributed by atoms with Crippen LogP contribution in [0.15, 0.2) is 41.8 Å². The van der Waals surface area contributed by atoms with Crippen molar-refractivity contribution in [3.8, 4) is 0 Å². The van der Waals surface area contributed by atoms with E-state index in [-0.39, 0.29) is 6.04 Å². The lowest BCUT2D eigenvalue weighted by molar-refractivity contribution is 0.661. The van der Waals surface area contributed by atoms with Gasteiger partial charge >= 0.3 is 0 Å². The summed E-state index contributed by atoms with van der Waals surface area (Å²) in [6.45, 7) is 5.87. The molecule has 0 fully saturated rings. The minimum Gasteiger partial charge on any atom is -0.324 e. The van der Waals surface area contributed by atoms with Gasteiger partial charge in [-0.25, -0.2) is 0 Å². The van der Waals surface area contributed by atoms with E-state index in [2.05, 4.69) is 37.8 Å². The molecule has 82 valence electrons. The van der Waals surface area contributed by atoms with Crippen LogP contribution < -0.4 is 5.73 Å². The molecular formula is C13H19NS. The van der Waals surface area contributed by atoms with Gasteiger partial charge in [0.15, 0.2) is 0 Å². The molecule has 1 atom stereocenters. The molecule has 1 rings (SSSR count). The lowest BCUT2D eigenvalue weighted by atomic mass is 10.0. The molecule has 0 saturated heterocycles. The van der Waals surface area contributed by atoms with Gasteiger partial charge in [-0.15, -0.1) is 18.3 Å². The highest BCUT2D eigenvalue weighted by Crippen LogP contribution is 2.21. The molecule has 0 aliphatic rings. The van der Waals surface area contributed by atoms with Gasteiger partial charge in [0, 0.05) is 10.9 Å². The van der Waals surface area contributed by atoms with E-state index in [1.807, 2.05) is 17.8 Å². The molecule has 0 radical (unpaired) electrons. The van der Waals surface area contributed by atoms with Gasteiger partial charge in [0.2, 0.25) is 0 Å². The van der Waals surface area contributed by atoms with E-state index in [0.29, 0.717) is 0 Å². The van der Waals surface area contributed by atoms with Crippen LogP contribution in [0.2, 0.25) is 0 Å². The molecule has 1 aromatic carbocycles. The Morgan fingerprint density at radius 3 is 2.60 bits per heavy atom. The predicted molar refractivity (Wildman–Crippen MR) is 69.2 cm³/mol. The molecule has 1 nitrogen and oxygen atoms in total. The van der Waals surface area contributed by atoms with Crippen molar-refractivity contribution >= 4 is 11.8 Å². The predicted octanol–water partition coefficient (Wildman–Crippen LogP) is 3.76. The number of thioether (sulfide) groups is 1. The van der Waals surface area contributed by atoms with Crippen molar-refractivity contribution < 1.29 is 0 Å². The minimum atomic E-state index is 0.142. The first kappa shape index (κ1) is 12.3. The Bertz CT molecular complexity index is 292. The maximum Gasteiger partial charge on any atom is 0.0297 e. The number of hydrogen-bond donors (Lipinski definition) is 1. The minimum absolute atomic E-state index is 0.142. The molecule has 1 aromatic rings. The van der Waals surface area contributed by atoms with Crippen LogP contribution in [0.4, 0.5) is 0 Å². The summed E-state index contributed by atoms with van der Waals surface area (Å²) in [4.78, 5) is 1.32. The molecule has 0 spiro atoms. The summed E-state index contributed by atoms with van der Waals surface area (Å²) in [6, 6.07) is 8.70. The summed E-state index contributed by atoms with van der Waals surface area (Å²) < 4.78 is 0. The largest absolute Gasteiger partial charge is 0.324 e. The number of hydrogen-bond acceptors (Lipinski definition) is 2. The molecular weight excluding hydrogens is 202 g/mol. The van der Waals surface area contributed by atoms with Gasteiger partial charge in [0.1, 0.15) is 0 Å². The molecule has 0 aliphatic carbocycles. The smallest absolute Gasteiger partial charge is 0.0297 e. The quantitative estimate of drug-likeness (QED) is 0.584. The van der Waals surface area contributed by atoms with Gasteiger partial charge in [-0.3, -0.25) is 0 Å². The van der Waals surface area contributed by atoms with Crippen LogP contribution >= 0.6 is 11.8 Å². The third kappa shape index (κ3) is 4.10. The van der Waals surface area contributed by atoms with Crippen LogP contribution in [-0.2, 0) is 0 Å². The van der Waals surface area contributed by atoms with E-state index in [1.165, 1.54) is 10.5 Å². The Hall–Kier alpha value is -0.730. The van der Waals surface area contributed by atoms with Gasteiger partial charge in [-0.1, -0.05) is 25.1 Å². The summed E-state index contributed by atoms with van der Waals surface area (Å²) in [5, 5.41) is 0. The molecule has 0 bridgehead atoms. The lowest BCUT2D eigenvalue weighted by Crippen LogP contribution is -2.09. The zero-order valence-electron chi connectivity index (χ0n) is 9.28. The molecule has 2 N–H and O–H groups in total. The standard InChI is InChI=1S/C13H19NS/c1-3-5-6-13(14)11-7-9-12(10-8-11)15-4-2/h3,7-10,13H,1,4-6,14H2,2H3. The maximum absolute atomic E-state index is 6.05. The Labute approximate surface area is 96.8 Å². The molecule has 0 heterocycles. The van der Waals surface area contributed by atoms with E-state index in [0.717, 1.165) is 18.6 Å². The topological polar surface area (TPSA) is 26.0 Å². The zero-order chi connectivity index (χ0) is 11.1. The zero-order valence-corrected chi connectivity index (χ0v) is 10.1. The molecule has 15 heavy (non-hydrogen) atoms. The van der Waals surface area contributed by atoms with E-state index in [4.69, 9.17) is 5.73 Å². The first-order chi connectivity index (χ1) is 7.27. The van der Waals surface area contributed by atoms with Crippen molar-refractivity contribution in [2.45, 2.75) is 30.7 Å². The number of nitrogens with two attached hydrogens (primary N) is 1. The van der Waals surface area contributed by atoms with Gasteiger partial charge in [-0.05, 0) is 36.3 Å². The Morgan fingerprint density at radius 2 is 2.07 bits per heavy atom. The average Bonchev–Trinajstić information content (AvgIpc) is 2.27. The second-order valence-electron chi connectivity index (χ2n) is 3.47. The Morgan fingerprint density at radius 1 is 1.40 bits per heavy atom. The highest BCUT2D eigenvalue weighted by molar-refractivity contribution is 7.99. The number of allylic oxidation sites excluding steroid dienone is 1. The fraction of sp³-hybridized carbons (Fsp3) is 0.385. The first-order valence-electron chi connectivity index (χ1n) is 5.37. The molecule has 0 aromatic heterocycles. The summed E-state index contributed by atoms with van der Waals surface area (Å²) in [5.41, 5.74) is 7.27. The second kappa shape index (κ2) is 6.70. The summed E-state index contributed by atoms with van der Waals surface area (Å²) >= 11 is 1.86. The van der Waals surface area contributed by atoms with Gasteiger partial charge in [0.25, 0.3) is 0 Å². The third-order valence-electron chi connectivity index (χ3n) is 2.30. The van der Waals surface area contributed by atoms with Gasteiger partial charge < -0.3 is 5.73 Å². The normalized spacial score (nSPS) is 12.4. The Balaban J connectivity index is 2.58. The maximum atomic E-state index is 6.05. The second-order valence-corrected chi connectivity index (χ2v) is 4.81. The van der Waals surface area contributed by atoms with Gasteiger partial charge in [0.05, 0.1) is 0 Å². The summed E-state index contributed by atoms with van der Waals surface area (Å²) in [5.74, 6) is 1.11. The SMILES string of the molecule is C=CCCC(N)c1ccc(SCC)cc1. The van der Waals surface area contributed by atoms with Crippen molar-refractivity contribution in [3.05, 3.63) is 42.5 Å². The fourth-order valence-corrected chi connectivity index (χ4v) is 2.10. The first-order valence-corrected chi connectivity index (χ1v) is 6.35. The number of rotatable bonds is 6. The van der Waals surface area contributed by atoms with E-state index in [9.17, 15) is 0 Å². The van der Waals surface area contributed by atoms with E-state index >= 15 is 0 Å².